The maximum atomic E-state index is 12.0. The Kier molecular flexibility index (Phi) is 5.57. The summed E-state index contributed by atoms with van der Waals surface area (Å²) in [6.07, 6.45) is 0. The normalized spacial score (nSPS) is 11.1. The minimum atomic E-state index is -0.735. The SMILES string of the molecule is CCOC(=O)c1cc2cc(N=Nc3ccc(-c4ccc(N)cc4)cc3)ccc2oc1=O. The fourth-order valence-corrected chi connectivity index (χ4v) is 3.04. The molecule has 0 aliphatic carbocycles. The zero-order valence-corrected chi connectivity index (χ0v) is 16.7. The van der Waals surface area contributed by atoms with Gasteiger partial charge in [0.15, 0.2) is 0 Å². The maximum absolute atomic E-state index is 12.0. The van der Waals surface area contributed by atoms with E-state index in [0.29, 0.717) is 22.3 Å². The first kappa shape index (κ1) is 20.0. The van der Waals surface area contributed by atoms with Gasteiger partial charge in [-0.15, -0.1) is 0 Å². The molecule has 0 atom stereocenters. The van der Waals surface area contributed by atoms with Crippen LogP contribution in [0.5, 0.6) is 0 Å². The Bertz CT molecular complexity index is 1320. The second-order valence-corrected chi connectivity index (χ2v) is 6.76. The van der Waals surface area contributed by atoms with Crippen molar-refractivity contribution in [2.75, 3.05) is 12.3 Å². The molecule has 7 nitrogen and oxygen atoms in total. The minimum Gasteiger partial charge on any atom is -0.462 e. The van der Waals surface area contributed by atoms with Gasteiger partial charge in [-0.05, 0) is 66.6 Å². The predicted octanol–water partition coefficient (Wildman–Crippen LogP) is 5.63. The highest BCUT2D eigenvalue weighted by Gasteiger charge is 2.14. The molecule has 0 spiro atoms. The Morgan fingerprint density at radius 1 is 0.903 bits per heavy atom. The van der Waals surface area contributed by atoms with Crippen LogP contribution >= 0.6 is 0 Å². The molecular formula is C24H19N3O4. The van der Waals surface area contributed by atoms with Gasteiger partial charge in [0.05, 0.1) is 18.0 Å². The van der Waals surface area contributed by atoms with Crippen molar-refractivity contribution in [3.8, 4) is 11.1 Å². The van der Waals surface area contributed by atoms with Crippen molar-refractivity contribution in [3.05, 3.63) is 88.8 Å². The number of anilines is 1. The molecule has 1 aromatic heterocycles. The Hall–Kier alpha value is -4.26. The summed E-state index contributed by atoms with van der Waals surface area (Å²) in [5.41, 5.74) is 9.27. The molecule has 0 bridgehead atoms. The number of benzene rings is 3. The van der Waals surface area contributed by atoms with Crippen molar-refractivity contribution in [1.29, 1.82) is 0 Å². The number of azo groups is 1. The molecule has 0 unspecified atom stereocenters. The van der Waals surface area contributed by atoms with Gasteiger partial charge in [-0.3, -0.25) is 0 Å². The van der Waals surface area contributed by atoms with Crippen LogP contribution in [-0.4, -0.2) is 12.6 Å². The molecule has 0 aliphatic rings. The zero-order valence-electron chi connectivity index (χ0n) is 16.7. The third-order valence-electron chi connectivity index (χ3n) is 4.60. The average Bonchev–Trinajstić information content (AvgIpc) is 2.78. The first-order chi connectivity index (χ1) is 15.0. The average molecular weight is 413 g/mol. The van der Waals surface area contributed by atoms with Crippen LogP contribution in [0.25, 0.3) is 22.1 Å². The number of fused-ring (bicyclic) bond motifs is 1. The van der Waals surface area contributed by atoms with Gasteiger partial charge in [0.1, 0.15) is 11.1 Å². The number of hydrogen-bond acceptors (Lipinski definition) is 7. The topological polar surface area (TPSA) is 107 Å². The van der Waals surface area contributed by atoms with Gasteiger partial charge in [-0.1, -0.05) is 24.3 Å². The van der Waals surface area contributed by atoms with E-state index in [-0.39, 0.29) is 12.2 Å². The van der Waals surface area contributed by atoms with E-state index >= 15 is 0 Å². The van der Waals surface area contributed by atoms with E-state index in [4.69, 9.17) is 14.9 Å². The number of nitrogens with zero attached hydrogens (tertiary/aromatic N) is 2. The molecule has 0 saturated carbocycles. The zero-order chi connectivity index (χ0) is 21.8. The van der Waals surface area contributed by atoms with Crippen LogP contribution in [-0.2, 0) is 4.74 Å². The maximum Gasteiger partial charge on any atom is 0.351 e. The molecule has 4 rings (SSSR count). The molecule has 7 heteroatoms. The number of nitrogens with two attached hydrogens (primary N) is 1. The third kappa shape index (κ3) is 4.51. The standard InChI is InChI=1S/C24H19N3O4/c1-2-30-23(28)21-14-17-13-20(11-12-22(17)31-24(21)29)27-26-19-9-5-16(6-10-19)15-3-7-18(25)8-4-15/h3-14H,2,25H2,1H3. The van der Waals surface area contributed by atoms with Gasteiger partial charge in [-0.25, -0.2) is 9.59 Å². The Morgan fingerprint density at radius 3 is 2.19 bits per heavy atom. The van der Waals surface area contributed by atoms with Gasteiger partial charge in [0.2, 0.25) is 0 Å². The van der Waals surface area contributed by atoms with Crippen molar-refractivity contribution in [1.82, 2.24) is 0 Å². The van der Waals surface area contributed by atoms with Crippen molar-refractivity contribution < 1.29 is 13.9 Å². The summed E-state index contributed by atoms with van der Waals surface area (Å²) in [7, 11) is 0. The van der Waals surface area contributed by atoms with Gasteiger partial charge in [-0.2, -0.15) is 10.2 Å². The molecule has 0 amide bonds. The lowest BCUT2D eigenvalue weighted by molar-refractivity contribution is 0.0522. The van der Waals surface area contributed by atoms with Crippen LogP contribution in [0.15, 0.2) is 92.2 Å². The van der Waals surface area contributed by atoms with Crippen LogP contribution in [0.4, 0.5) is 17.1 Å². The second kappa shape index (κ2) is 8.62. The summed E-state index contributed by atoms with van der Waals surface area (Å²) >= 11 is 0. The quantitative estimate of drug-likeness (QED) is 0.197. The molecular weight excluding hydrogens is 394 g/mol. The summed E-state index contributed by atoms with van der Waals surface area (Å²) in [6.45, 7) is 1.84. The largest absolute Gasteiger partial charge is 0.462 e. The van der Waals surface area contributed by atoms with Crippen LogP contribution in [0.2, 0.25) is 0 Å². The fraction of sp³-hybridized carbons (Fsp3) is 0.0833. The smallest absolute Gasteiger partial charge is 0.351 e. The first-order valence-corrected chi connectivity index (χ1v) is 9.66. The van der Waals surface area contributed by atoms with E-state index in [1.54, 1.807) is 25.1 Å². The number of hydrogen-bond donors (Lipinski definition) is 1. The molecule has 0 radical (unpaired) electrons. The Balaban J connectivity index is 1.57. The number of rotatable bonds is 5. The van der Waals surface area contributed by atoms with Crippen LogP contribution < -0.4 is 11.4 Å². The minimum absolute atomic E-state index is 0.151. The summed E-state index contributed by atoms with van der Waals surface area (Å²) < 4.78 is 10.1. The molecule has 154 valence electrons. The van der Waals surface area contributed by atoms with E-state index in [1.165, 1.54) is 6.07 Å². The lowest BCUT2D eigenvalue weighted by atomic mass is 10.1. The van der Waals surface area contributed by atoms with Gasteiger partial charge in [0, 0.05) is 11.1 Å². The van der Waals surface area contributed by atoms with E-state index in [1.807, 2.05) is 48.5 Å². The van der Waals surface area contributed by atoms with Crippen LogP contribution in [0.3, 0.4) is 0 Å². The van der Waals surface area contributed by atoms with E-state index in [2.05, 4.69) is 10.2 Å². The molecule has 2 N–H and O–H groups in total. The summed E-state index contributed by atoms with van der Waals surface area (Å²) in [5.74, 6) is -0.716. The Labute approximate surface area is 177 Å². The lowest BCUT2D eigenvalue weighted by Crippen LogP contribution is -2.16. The predicted molar refractivity (Wildman–Crippen MR) is 119 cm³/mol. The van der Waals surface area contributed by atoms with Crippen molar-refractivity contribution in [2.24, 2.45) is 10.2 Å². The first-order valence-electron chi connectivity index (χ1n) is 9.66. The summed E-state index contributed by atoms with van der Waals surface area (Å²) in [5, 5.41) is 9.06. The van der Waals surface area contributed by atoms with E-state index in [0.717, 1.165) is 16.8 Å². The molecule has 4 aromatic rings. The number of carbonyl (C=O) groups excluding carboxylic acids is 1. The van der Waals surface area contributed by atoms with Gasteiger partial charge < -0.3 is 14.9 Å². The number of nitrogen functional groups attached to an aromatic ring is 1. The molecule has 0 fully saturated rings. The lowest BCUT2D eigenvalue weighted by Gasteiger charge is -2.03. The van der Waals surface area contributed by atoms with Crippen LogP contribution in [0.1, 0.15) is 17.3 Å². The van der Waals surface area contributed by atoms with Gasteiger partial charge >= 0.3 is 11.6 Å². The van der Waals surface area contributed by atoms with Crippen molar-refractivity contribution >= 4 is 34.0 Å². The molecule has 31 heavy (non-hydrogen) atoms. The van der Waals surface area contributed by atoms with Crippen LogP contribution in [0, 0.1) is 0 Å². The molecule has 3 aromatic carbocycles. The molecule has 0 saturated heterocycles. The monoisotopic (exact) mass is 413 g/mol. The van der Waals surface area contributed by atoms with E-state index < -0.39 is 11.6 Å². The van der Waals surface area contributed by atoms with Crippen molar-refractivity contribution in [3.63, 3.8) is 0 Å². The number of carbonyl (C=O) groups is 1. The number of ether oxygens (including phenoxy) is 1. The highest BCUT2D eigenvalue weighted by Crippen LogP contribution is 2.26. The highest BCUT2D eigenvalue weighted by atomic mass is 16.5. The number of esters is 1. The Morgan fingerprint density at radius 2 is 1.52 bits per heavy atom. The second-order valence-electron chi connectivity index (χ2n) is 6.76. The van der Waals surface area contributed by atoms with Gasteiger partial charge in [0.25, 0.3) is 0 Å². The molecule has 0 aliphatic heterocycles. The summed E-state index contributed by atoms with van der Waals surface area (Å²) in [4.78, 5) is 23.9. The third-order valence-corrected chi connectivity index (χ3v) is 4.60. The highest BCUT2D eigenvalue weighted by molar-refractivity contribution is 5.93. The van der Waals surface area contributed by atoms with Crippen molar-refractivity contribution in [2.45, 2.75) is 6.92 Å². The fourth-order valence-electron chi connectivity index (χ4n) is 3.04. The summed E-state index contributed by atoms with van der Waals surface area (Å²) in [6, 6.07) is 21.7. The van der Waals surface area contributed by atoms with E-state index in [9.17, 15) is 9.59 Å². The molecule has 1 heterocycles.